The van der Waals surface area contributed by atoms with Gasteiger partial charge in [-0.25, -0.2) is 9.97 Å². The van der Waals surface area contributed by atoms with Crippen LogP contribution in [0.15, 0.2) is 30.7 Å². The van der Waals surface area contributed by atoms with E-state index in [2.05, 4.69) is 32.0 Å². The Labute approximate surface area is 160 Å². The number of ether oxygens (including phenoxy) is 1. The fourth-order valence-electron chi connectivity index (χ4n) is 3.55. The van der Waals surface area contributed by atoms with Crippen molar-refractivity contribution in [1.29, 1.82) is 0 Å². The number of nitrogens with zero attached hydrogens (tertiary/aromatic N) is 5. The van der Waals surface area contributed by atoms with Crippen molar-refractivity contribution in [3.05, 3.63) is 42.0 Å². The molecule has 0 atom stereocenters. The number of methoxy groups -OCH3 is 1. The number of aryl methyl sites for hydroxylation is 1. The van der Waals surface area contributed by atoms with Gasteiger partial charge in [-0.2, -0.15) is 4.98 Å². The van der Waals surface area contributed by atoms with Crippen molar-refractivity contribution in [1.82, 2.24) is 24.5 Å². The minimum atomic E-state index is -0.250. The number of nitrogens with one attached hydrogen (secondary N) is 1. The normalized spacial score (nSPS) is 13.1. The predicted molar refractivity (Wildman–Crippen MR) is 105 cm³/mol. The minimum absolute atomic E-state index is 0.250. The molecule has 0 radical (unpaired) electrons. The first-order valence-corrected chi connectivity index (χ1v) is 8.79. The van der Waals surface area contributed by atoms with Crippen molar-refractivity contribution in [3.63, 3.8) is 0 Å². The Kier molecular flexibility index (Phi) is 4.56. The number of H-pyrrole nitrogens is 1. The number of rotatable bonds is 2. The lowest BCUT2D eigenvalue weighted by Crippen LogP contribution is -2.31. The summed E-state index contributed by atoms with van der Waals surface area (Å²) in [7, 11) is 3.65. The Hall–Kier alpha value is -3.62. The molecule has 0 fully saturated rings. The Morgan fingerprint density at radius 3 is 2.93 bits per heavy atom. The summed E-state index contributed by atoms with van der Waals surface area (Å²) in [5.41, 5.74) is 5.42. The van der Waals surface area contributed by atoms with Crippen LogP contribution in [0.4, 0.5) is 5.95 Å². The minimum Gasteiger partial charge on any atom is -0.497 e. The van der Waals surface area contributed by atoms with Gasteiger partial charge in [0, 0.05) is 48.7 Å². The van der Waals surface area contributed by atoms with Gasteiger partial charge in [0.2, 0.25) is 5.95 Å². The molecule has 0 bridgehead atoms. The summed E-state index contributed by atoms with van der Waals surface area (Å²) >= 11 is 0. The third-order valence-electron chi connectivity index (χ3n) is 4.91. The van der Waals surface area contributed by atoms with Crippen molar-refractivity contribution >= 4 is 34.5 Å². The molecule has 3 aromatic heterocycles. The Morgan fingerprint density at radius 2 is 2.14 bits per heavy atom. The van der Waals surface area contributed by atoms with E-state index in [9.17, 15) is 0 Å². The van der Waals surface area contributed by atoms with E-state index >= 15 is 0 Å². The fourth-order valence-corrected chi connectivity index (χ4v) is 3.55. The van der Waals surface area contributed by atoms with E-state index in [1.165, 1.54) is 16.6 Å². The maximum Gasteiger partial charge on any atom is 0.290 e. The van der Waals surface area contributed by atoms with Crippen molar-refractivity contribution in [2.75, 3.05) is 18.6 Å². The fraction of sp³-hybridized carbons (Fsp3) is 0.263. The second-order valence-electron chi connectivity index (χ2n) is 6.50. The van der Waals surface area contributed by atoms with Gasteiger partial charge in [0.05, 0.1) is 19.6 Å². The van der Waals surface area contributed by atoms with Crippen LogP contribution in [-0.4, -0.2) is 49.7 Å². The second kappa shape index (κ2) is 7.18. The monoisotopic (exact) mass is 380 g/mol. The highest BCUT2D eigenvalue weighted by Gasteiger charge is 2.23. The Balaban J connectivity index is 0.000000604. The number of benzene rings is 1. The van der Waals surface area contributed by atoms with Crippen LogP contribution in [0.5, 0.6) is 5.75 Å². The van der Waals surface area contributed by atoms with E-state index in [0.717, 1.165) is 47.9 Å². The molecule has 1 aliphatic rings. The van der Waals surface area contributed by atoms with Crippen molar-refractivity contribution < 1.29 is 14.6 Å². The summed E-state index contributed by atoms with van der Waals surface area (Å²) < 4.78 is 7.31. The number of carbonyl (C=O) groups is 1. The zero-order chi connectivity index (χ0) is 19.7. The summed E-state index contributed by atoms with van der Waals surface area (Å²) in [6.07, 6.45) is 4.51. The average molecular weight is 380 g/mol. The van der Waals surface area contributed by atoms with E-state index in [4.69, 9.17) is 19.6 Å². The molecule has 28 heavy (non-hydrogen) atoms. The number of fused-ring (bicyclic) bond motifs is 4. The molecule has 0 saturated heterocycles. The van der Waals surface area contributed by atoms with Gasteiger partial charge in [-0.1, -0.05) is 0 Å². The summed E-state index contributed by atoms with van der Waals surface area (Å²) in [6.45, 7) is 1.42. The van der Waals surface area contributed by atoms with E-state index in [1.807, 2.05) is 17.7 Å². The van der Waals surface area contributed by atoms with Gasteiger partial charge in [0.25, 0.3) is 6.47 Å². The van der Waals surface area contributed by atoms with Crippen LogP contribution in [0, 0.1) is 0 Å². The van der Waals surface area contributed by atoms with Gasteiger partial charge < -0.3 is 24.3 Å². The van der Waals surface area contributed by atoms with Gasteiger partial charge in [0.1, 0.15) is 11.3 Å². The van der Waals surface area contributed by atoms with Gasteiger partial charge in [-0.15, -0.1) is 0 Å². The van der Waals surface area contributed by atoms with Crippen LogP contribution in [0.3, 0.4) is 0 Å². The number of carboxylic acid groups (broad SMARTS) is 1. The lowest BCUT2D eigenvalue weighted by atomic mass is 10.0. The predicted octanol–water partition coefficient (Wildman–Crippen LogP) is 2.12. The first kappa shape index (κ1) is 17.8. The Bertz CT molecular complexity index is 1150. The molecule has 5 rings (SSSR count). The smallest absolute Gasteiger partial charge is 0.290 e. The highest BCUT2D eigenvalue weighted by Crippen LogP contribution is 2.31. The topological polar surface area (TPSA) is 109 Å². The number of hydrogen-bond donors (Lipinski definition) is 2. The van der Waals surface area contributed by atoms with E-state index < -0.39 is 0 Å². The molecule has 4 aromatic rings. The zero-order valence-corrected chi connectivity index (χ0v) is 15.6. The number of imidazole rings is 1. The third-order valence-corrected chi connectivity index (χ3v) is 4.91. The average Bonchev–Trinajstić information content (AvgIpc) is 3.27. The molecule has 0 unspecified atom stereocenters. The molecule has 1 aromatic carbocycles. The quantitative estimate of drug-likeness (QED) is 0.513. The molecule has 0 aliphatic carbocycles. The van der Waals surface area contributed by atoms with Gasteiger partial charge >= 0.3 is 0 Å². The summed E-state index contributed by atoms with van der Waals surface area (Å²) in [6, 6.07) is 6.16. The third kappa shape index (κ3) is 3.00. The molecular formula is C19H20N6O3. The highest BCUT2D eigenvalue weighted by atomic mass is 16.5. The SMILES string of the molecule is COc1ccc2[nH]c3c(c2c1)CN(c1ncc2ncn(C)c2n1)CC3.O=CO. The second-order valence-corrected chi connectivity index (χ2v) is 6.50. The van der Waals surface area contributed by atoms with Crippen molar-refractivity contribution in [2.24, 2.45) is 7.05 Å². The number of anilines is 1. The maximum absolute atomic E-state index is 8.36. The summed E-state index contributed by atoms with van der Waals surface area (Å²) in [5, 5.41) is 8.10. The highest BCUT2D eigenvalue weighted by molar-refractivity contribution is 5.86. The molecule has 144 valence electrons. The molecule has 9 heteroatoms. The van der Waals surface area contributed by atoms with Crippen LogP contribution in [0.25, 0.3) is 22.1 Å². The molecule has 2 N–H and O–H groups in total. The summed E-state index contributed by atoms with van der Waals surface area (Å²) in [5.74, 6) is 1.62. The molecule has 1 aliphatic heterocycles. The lowest BCUT2D eigenvalue weighted by Gasteiger charge is -2.27. The van der Waals surface area contributed by atoms with Crippen LogP contribution >= 0.6 is 0 Å². The number of aromatic amines is 1. The van der Waals surface area contributed by atoms with Gasteiger partial charge in [0.15, 0.2) is 5.65 Å². The van der Waals surface area contributed by atoms with Crippen LogP contribution in [-0.2, 0) is 24.8 Å². The zero-order valence-electron chi connectivity index (χ0n) is 15.6. The summed E-state index contributed by atoms with van der Waals surface area (Å²) in [4.78, 5) is 27.6. The molecule has 0 amide bonds. The first-order valence-electron chi connectivity index (χ1n) is 8.79. The standard InChI is InChI=1S/C18H18N6O.CH2O2/c1-23-10-20-16-8-19-18(22-17(16)23)24-6-5-15-13(9-24)12-7-11(25-2)3-4-14(12)21-15;2-1-3/h3-4,7-8,10,21H,5-6,9H2,1-2H3;1H,(H,2,3). The molecule has 0 spiro atoms. The van der Waals surface area contributed by atoms with E-state index in [-0.39, 0.29) is 6.47 Å². The largest absolute Gasteiger partial charge is 0.497 e. The lowest BCUT2D eigenvalue weighted by molar-refractivity contribution is -0.122. The van der Waals surface area contributed by atoms with Crippen LogP contribution in [0.1, 0.15) is 11.3 Å². The molecule has 4 heterocycles. The molecule has 9 nitrogen and oxygen atoms in total. The van der Waals surface area contributed by atoms with Crippen LogP contribution in [0.2, 0.25) is 0 Å². The van der Waals surface area contributed by atoms with E-state index in [1.54, 1.807) is 19.6 Å². The van der Waals surface area contributed by atoms with Crippen LogP contribution < -0.4 is 9.64 Å². The number of aromatic nitrogens is 5. The molecule has 0 saturated carbocycles. The van der Waals surface area contributed by atoms with E-state index in [0.29, 0.717) is 0 Å². The number of hydrogen-bond acceptors (Lipinski definition) is 6. The maximum atomic E-state index is 8.36. The van der Waals surface area contributed by atoms with Gasteiger partial charge in [-0.3, -0.25) is 4.79 Å². The van der Waals surface area contributed by atoms with Crippen molar-refractivity contribution in [2.45, 2.75) is 13.0 Å². The van der Waals surface area contributed by atoms with Crippen molar-refractivity contribution in [3.8, 4) is 5.75 Å². The van der Waals surface area contributed by atoms with Gasteiger partial charge in [-0.05, 0) is 18.2 Å². The first-order chi connectivity index (χ1) is 13.6. The molecular weight excluding hydrogens is 360 g/mol. The Morgan fingerprint density at radius 1 is 1.32 bits per heavy atom.